The molecule has 0 saturated heterocycles. The van der Waals surface area contributed by atoms with Gasteiger partial charge in [-0.3, -0.25) is 4.98 Å². The summed E-state index contributed by atoms with van der Waals surface area (Å²) >= 11 is 5.94. The number of nitrogen functional groups attached to an aromatic ring is 1. The first-order valence-corrected chi connectivity index (χ1v) is 8.12. The predicted molar refractivity (Wildman–Crippen MR) is 83.6 cm³/mol. The Morgan fingerprint density at radius 2 is 2.00 bits per heavy atom. The number of hydrogen-bond donors (Lipinski definition) is 2. The van der Waals surface area contributed by atoms with Gasteiger partial charge in [-0.05, 0) is 48.7 Å². The van der Waals surface area contributed by atoms with Gasteiger partial charge in [0.1, 0.15) is 0 Å². The lowest BCUT2D eigenvalue weighted by Gasteiger charge is -2.11. The van der Waals surface area contributed by atoms with E-state index in [4.69, 9.17) is 17.3 Å². The van der Waals surface area contributed by atoms with Crippen LogP contribution in [0.25, 0.3) is 0 Å². The minimum Gasteiger partial charge on any atom is -0.397 e. The number of halogens is 1. The van der Waals surface area contributed by atoms with Crippen molar-refractivity contribution in [2.24, 2.45) is 0 Å². The van der Waals surface area contributed by atoms with E-state index < -0.39 is 10.0 Å². The molecular formula is C14H16ClN3O2S. The van der Waals surface area contributed by atoms with Gasteiger partial charge in [-0.15, -0.1) is 0 Å². The zero-order chi connectivity index (χ0) is 15.6. The summed E-state index contributed by atoms with van der Waals surface area (Å²) < 4.78 is 27.1. The first-order chi connectivity index (χ1) is 9.81. The van der Waals surface area contributed by atoms with Crippen LogP contribution < -0.4 is 10.5 Å². The molecule has 2 aromatic rings. The Morgan fingerprint density at radius 3 is 2.62 bits per heavy atom. The van der Waals surface area contributed by atoms with Crippen LogP contribution in [0.3, 0.4) is 0 Å². The summed E-state index contributed by atoms with van der Waals surface area (Å²) in [6.07, 6.45) is 3.30. The van der Waals surface area contributed by atoms with E-state index in [1.807, 2.05) is 13.0 Å². The number of hydrogen-bond acceptors (Lipinski definition) is 4. The molecule has 5 nitrogen and oxygen atoms in total. The number of nitrogens with zero attached hydrogens (tertiary/aromatic N) is 1. The van der Waals surface area contributed by atoms with Crippen molar-refractivity contribution in [3.8, 4) is 0 Å². The summed E-state index contributed by atoms with van der Waals surface area (Å²) in [5.41, 5.74) is 8.37. The second kappa shape index (κ2) is 6.01. The molecule has 1 heterocycles. The molecule has 0 bridgehead atoms. The quantitative estimate of drug-likeness (QED) is 0.845. The van der Waals surface area contributed by atoms with Crippen LogP contribution in [0.2, 0.25) is 5.02 Å². The molecule has 0 aliphatic carbocycles. The molecule has 0 aliphatic rings. The first kappa shape index (κ1) is 15.8. The molecule has 7 heteroatoms. The molecule has 1 aromatic carbocycles. The number of anilines is 1. The molecule has 0 atom stereocenters. The summed E-state index contributed by atoms with van der Waals surface area (Å²) in [6.45, 7) is 3.78. The number of nitrogens with one attached hydrogen (secondary N) is 1. The van der Waals surface area contributed by atoms with Crippen molar-refractivity contribution in [1.29, 1.82) is 0 Å². The normalized spacial score (nSPS) is 11.6. The standard InChI is InChI=1S/C14H16ClN3O2S/c1-9-3-4-17-7-11(9)8-18-21(19,20)12-5-10(2)14(15)13(16)6-12/h3-7,18H,8,16H2,1-2H3. The highest BCUT2D eigenvalue weighted by Crippen LogP contribution is 2.26. The third kappa shape index (κ3) is 3.53. The number of sulfonamides is 1. The Bertz CT molecular complexity index is 753. The van der Waals surface area contributed by atoms with Gasteiger partial charge in [-0.1, -0.05) is 11.6 Å². The number of aryl methyl sites for hydroxylation is 2. The minimum atomic E-state index is -3.65. The van der Waals surface area contributed by atoms with Crippen LogP contribution in [-0.4, -0.2) is 13.4 Å². The number of rotatable bonds is 4. The summed E-state index contributed by atoms with van der Waals surface area (Å²) in [5, 5.41) is 0.372. The number of pyridine rings is 1. The maximum Gasteiger partial charge on any atom is 0.240 e. The van der Waals surface area contributed by atoms with E-state index in [2.05, 4.69) is 9.71 Å². The van der Waals surface area contributed by atoms with Crippen molar-refractivity contribution in [2.75, 3.05) is 5.73 Å². The molecule has 2 rings (SSSR count). The van der Waals surface area contributed by atoms with Crippen LogP contribution in [0.15, 0.2) is 35.5 Å². The number of aromatic nitrogens is 1. The second-order valence-electron chi connectivity index (χ2n) is 4.77. The highest BCUT2D eigenvalue weighted by molar-refractivity contribution is 7.89. The fraction of sp³-hybridized carbons (Fsp3) is 0.214. The molecule has 0 saturated carbocycles. The lowest BCUT2D eigenvalue weighted by atomic mass is 10.2. The lowest BCUT2D eigenvalue weighted by molar-refractivity contribution is 0.581. The van der Waals surface area contributed by atoms with E-state index in [-0.39, 0.29) is 17.1 Å². The molecule has 3 N–H and O–H groups in total. The van der Waals surface area contributed by atoms with Crippen molar-refractivity contribution in [2.45, 2.75) is 25.3 Å². The second-order valence-corrected chi connectivity index (χ2v) is 6.92. The zero-order valence-corrected chi connectivity index (χ0v) is 13.3. The van der Waals surface area contributed by atoms with Crippen molar-refractivity contribution in [1.82, 2.24) is 9.71 Å². The molecule has 0 aliphatic heterocycles. The summed E-state index contributed by atoms with van der Waals surface area (Å²) in [7, 11) is -3.65. The van der Waals surface area contributed by atoms with E-state index in [9.17, 15) is 8.42 Å². The molecule has 112 valence electrons. The fourth-order valence-electron chi connectivity index (χ4n) is 1.86. The van der Waals surface area contributed by atoms with Gasteiger partial charge in [-0.2, -0.15) is 0 Å². The number of nitrogens with two attached hydrogens (primary N) is 1. The monoisotopic (exact) mass is 325 g/mol. The van der Waals surface area contributed by atoms with Crippen LogP contribution >= 0.6 is 11.6 Å². The smallest absolute Gasteiger partial charge is 0.240 e. The molecule has 0 fully saturated rings. The molecular weight excluding hydrogens is 310 g/mol. The van der Waals surface area contributed by atoms with Crippen LogP contribution in [0.4, 0.5) is 5.69 Å². The lowest BCUT2D eigenvalue weighted by Crippen LogP contribution is -2.24. The van der Waals surface area contributed by atoms with Gasteiger partial charge >= 0.3 is 0 Å². The largest absolute Gasteiger partial charge is 0.397 e. The average molecular weight is 326 g/mol. The van der Waals surface area contributed by atoms with Gasteiger partial charge in [0, 0.05) is 18.9 Å². The van der Waals surface area contributed by atoms with Crippen LogP contribution in [-0.2, 0) is 16.6 Å². The van der Waals surface area contributed by atoms with E-state index in [0.29, 0.717) is 10.6 Å². The average Bonchev–Trinajstić information content (AvgIpc) is 2.43. The van der Waals surface area contributed by atoms with E-state index in [1.165, 1.54) is 12.1 Å². The Morgan fingerprint density at radius 1 is 1.29 bits per heavy atom. The minimum absolute atomic E-state index is 0.100. The highest BCUT2D eigenvalue weighted by Gasteiger charge is 2.17. The van der Waals surface area contributed by atoms with Crippen molar-refractivity contribution >= 4 is 27.3 Å². The number of benzene rings is 1. The van der Waals surface area contributed by atoms with Gasteiger partial charge in [0.05, 0.1) is 15.6 Å². The van der Waals surface area contributed by atoms with Crippen LogP contribution in [0.5, 0.6) is 0 Å². The Hall–Kier alpha value is -1.63. The van der Waals surface area contributed by atoms with Crippen LogP contribution in [0, 0.1) is 13.8 Å². The van der Waals surface area contributed by atoms with Gasteiger partial charge in [0.15, 0.2) is 0 Å². The van der Waals surface area contributed by atoms with Crippen LogP contribution in [0.1, 0.15) is 16.7 Å². The summed E-state index contributed by atoms with van der Waals surface area (Å²) in [4.78, 5) is 4.09. The summed E-state index contributed by atoms with van der Waals surface area (Å²) in [6, 6.07) is 4.68. The highest BCUT2D eigenvalue weighted by atomic mass is 35.5. The topological polar surface area (TPSA) is 85.1 Å². The Kier molecular flexibility index (Phi) is 4.51. The third-order valence-corrected chi connectivity index (χ3v) is 5.06. The van der Waals surface area contributed by atoms with E-state index in [1.54, 1.807) is 19.3 Å². The first-order valence-electron chi connectivity index (χ1n) is 6.26. The van der Waals surface area contributed by atoms with Crippen molar-refractivity contribution in [3.63, 3.8) is 0 Å². The predicted octanol–water partition coefficient (Wildman–Crippen LogP) is 2.41. The Balaban J connectivity index is 2.25. The van der Waals surface area contributed by atoms with Gasteiger partial charge in [0.2, 0.25) is 10.0 Å². The van der Waals surface area contributed by atoms with Gasteiger partial charge < -0.3 is 5.73 Å². The fourth-order valence-corrected chi connectivity index (χ4v) is 3.09. The maximum atomic E-state index is 12.3. The maximum absolute atomic E-state index is 12.3. The zero-order valence-electron chi connectivity index (χ0n) is 11.7. The molecule has 21 heavy (non-hydrogen) atoms. The SMILES string of the molecule is Cc1ccncc1CNS(=O)(=O)c1cc(C)c(Cl)c(N)c1. The van der Waals surface area contributed by atoms with E-state index in [0.717, 1.165) is 11.1 Å². The third-order valence-electron chi connectivity index (χ3n) is 3.17. The molecule has 0 amide bonds. The summed E-state index contributed by atoms with van der Waals surface area (Å²) in [5.74, 6) is 0. The van der Waals surface area contributed by atoms with Gasteiger partial charge in [0.25, 0.3) is 0 Å². The van der Waals surface area contributed by atoms with Crippen molar-refractivity contribution in [3.05, 3.63) is 52.3 Å². The molecule has 1 aromatic heterocycles. The van der Waals surface area contributed by atoms with Gasteiger partial charge in [-0.25, -0.2) is 13.1 Å². The molecule has 0 spiro atoms. The molecule has 0 unspecified atom stereocenters. The Labute approximate surface area is 129 Å². The molecule has 0 radical (unpaired) electrons. The van der Waals surface area contributed by atoms with E-state index >= 15 is 0 Å². The van der Waals surface area contributed by atoms with Crippen molar-refractivity contribution < 1.29 is 8.42 Å².